The molecule has 2 nitrogen and oxygen atoms in total. The van der Waals surface area contributed by atoms with Crippen molar-refractivity contribution in [3.05, 3.63) is 63.4 Å². The average Bonchev–Trinajstić information content (AvgIpc) is 2.36. The maximum absolute atomic E-state index is 13.6. The Labute approximate surface area is 120 Å². The van der Waals surface area contributed by atoms with Gasteiger partial charge in [-0.05, 0) is 42.8 Å². The Kier molecular flexibility index (Phi) is 4.08. The van der Waals surface area contributed by atoms with E-state index in [9.17, 15) is 9.18 Å². The van der Waals surface area contributed by atoms with Gasteiger partial charge in [-0.15, -0.1) is 0 Å². The van der Waals surface area contributed by atoms with Gasteiger partial charge in [-0.1, -0.05) is 29.3 Å². The van der Waals surface area contributed by atoms with Crippen LogP contribution in [0.4, 0.5) is 10.1 Å². The summed E-state index contributed by atoms with van der Waals surface area (Å²) in [7, 11) is 0. The minimum absolute atomic E-state index is 0.105. The second-order valence-electron chi connectivity index (χ2n) is 4.04. The molecule has 0 saturated carbocycles. The number of rotatable bonds is 2. The summed E-state index contributed by atoms with van der Waals surface area (Å²) in [5.41, 5.74) is 1.27. The van der Waals surface area contributed by atoms with E-state index in [0.29, 0.717) is 15.7 Å². The molecule has 0 radical (unpaired) electrons. The Bertz CT molecular complexity index is 643. The van der Waals surface area contributed by atoms with Gasteiger partial charge in [0, 0.05) is 15.7 Å². The minimum atomic E-state index is -0.624. The third-order valence-corrected chi connectivity index (χ3v) is 3.09. The van der Waals surface area contributed by atoms with E-state index in [2.05, 4.69) is 5.32 Å². The Morgan fingerprint density at radius 3 is 2.47 bits per heavy atom. The molecule has 0 heterocycles. The Hall–Kier alpha value is -1.58. The van der Waals surface area contributed by atoms with Crippen LogP contribution in [-0.2, 0) is 0 Å². The Balaban J connectivity index is 2.30. The molecule has 2 aromatic carbocycles. The Morgan fingerprint density at radius 1 is 1.11 bits per heavy atom. The standard InChI is InChI=1S/C14H10Cl2FNO/c1-8-2-3-10(16)7-13(8)18-14(19)11-6-9(15)4-5-12(11)17/h2-7H,1H3,(H,18,19). The highest BCUT2D eigenvalue weighted by molar-refractivity contribution is 6.31. The summed E-state index contributed by atoms with van der Waals surface area (Å²) in [6.07, 6.45) is 0. The minimum Gasteiger partial charge on any atom is -0.322 e. The third kappa shape index (κ3) is 3.25. The number of amides is 1. The summed E-state index contributed by atoms with van der Waals surface area (Å²) in [5.74, 6) is -1.19. The third-order valence-electron chi connectivity index (χ3n) is 2.62. The van der Waals surface area contributed by atoms with Gasteiger partial charge < -0.3 is 5.32 Å². The van der Waals surface area contributed by atoms with Crippen LogP contribution in [0, 0.1) is 12.7 Å². The molecular weight excluding hydrogens is 288 g/mol. The normalized spacial score (nSPS) is 10.3. The maximum atomic E-state index is 13.6. The van der Waals surface area contributed by atoms with Crippen molar-refractivity contribution in [2.24, 2.45) is 0 Å². The zero-order valence-corrected chi connectivity index (χ0v) is 11.5. The first-order chi connectivity index (χ1) is 8.97. The largest absolute Gasteiger partial charge is 0.322 e. The van der Waals surface area contributed by atoms with Crippen LogP contribution in [-0.4, -0.2) is 5.91 Å². The summed E-state index contributed by atoms with van der Waals surface area (Å²) in [4.78, 5) is 12.0. The summed E-state index contributed by atoms with van der Waals surface area (Å²) in [6.45, 7) is 1.82. The molecule has 0 fully saturated rings. The van der Waals surface area contributed by atoms with E-state index in [1.807, 2.05) is 6.92 Å². The fourth-order valence-corrected chi connectivity index (χ4v) is 1.93. The molecular formula is C14H10Cl2FNO. The smallest absolute Gasteiger partial charge is 0.258 e. The lowest BCUT2D eigenvalue weighted by Gasteiger charge is -2.09. The highest BCUT2D eigenvalue weighted by Crippen LogP contribution is 2.22. The number of hydrogen-bond donors (Lipinski definition) is 1. The molecule has 1 N–H and O–H groups in total. The summed E-state index contributed by atoms with van der Waals surface area (Å²) in [6, 6.07) is 8.92. The van der Waals surface area contributed by atoms with Crippen LogP contribution in [0.5, 0.6) is 0 Å². The number of hydrogen-bond acceptors (Lipinski definition) is 1. The van der Waals surface area contributed by atoms with Gasteiger partial charge in [-0.2, -0.15) is 0 Å². The summed E-state index contributed by atoms with van der Waals surface area (Å²) >= 11 is 11.6. The highest BCUT2D eigenvalue weighted by Gasteiger charge is 2.13. The van der Waals surface area contributed by atoms with Crippen molar-refractivity contribution < 1.29 is 9.18 Å². The molecule has 2 aromatic rings. The number of carbonyl (C=O) groups excluding carboxylic acids is 1. The molecule has 2 rings (SSSR count). The van der Waals surface area contributed by atoms with Crippen molar-refractivity contribution in [1.29, 1.82) is 0 Å². The van der Waals surface area contributed by atoms with Gasteiger partial charge in [0.05, 0.1) is 5.56 Å². The number of nitrogens with one attached hydrogen (secondary N) is 1. The lowest BCUT2D eigenvalue weighted by atomic mass is 10.1. The molecule has 0 aromatic heterocycles. The van der Waals surface area contributed by atoms with Crippen LogP contribution in [0.1, 0.15) is 15.9 Å². The molecule has 19 heavy (non-hydrogen) atoms. The number of carbonyl (C=O) groups is 1. The predicted molar refractivity (Wildman–Crippen MR) is 75.6 cm³/mol. The summed E-state index contributed by atoms with van der Waals surface area (Å²) < 4.78 is 13.6. The van der Waals surface area contributed by atoms with E-state index < -0.39 is 11.7 Å². The lowest BCUT2D eigenvalue weighted by molar-refractivity contribution is 0.102. The van der Waals surface area contributed by atoms with Crippen LogP contribution in [0.25, 0.3) is 0 Å². The fourth-order valence-electron chi connectivity index (χ4n) is 1.59. The van der Waals surface area contributed by atoms with Crippen molar-refractivity contribution in [1.82, 2.24) is 0 Å². The van der Waals surface area contributed by atoms with E-state index in [0.717, 1.165) is 11.6 Å². The van der Waals surface area contributed by atoms with Crippen LogP contribution in [0.15, 0.2) is 36.4 Å². The molecule has 0 bridgehead atoms. The van der Waals surface area contributed by atoms with Crippen LogP contribution < -0.4 is 5.32 Å². The second kappa shape index (κ2) is 5.59. The predicted octanol–water partition coefficient (Wildman–Crippen LogP) is 4.69. The van der Waals surface area contributed by atoms with Gasteiger partial charge >= 0.3 is 0 Å². The van der Waals surface area contributed by atoms with Crippen molar-refractivity contribution >= 4 is 34.8 Å². The number of benzene rings is 2. The van der Waals surface area contributed by atoms with Crippen LogP contribution >= 0.6 is 23.2 Å². The van der Waals surface area contributed by atoms with Crippen molar-refractivity contribution in [3.8, 4) is 0 Å². The van der Waals surface area contributed by atoms with E-state index >= 15 is 0 Å². The van der Waals surface area contributed by atoms with Gasteiger partial charge in [-0.3, -0.25) is 4.79 Å². The molecule has 0 atom stereocenters. The van der Waals surface area contributed by atoms with Gasteiger partial charge in [0.15, 0.2) is 0 Å². The lowest BCUT2D eigenvalue weighted by Crippen LogP contribution is -2.14. The quantitative estimate of drug-likeness (QED) is 0.856. The first kappa shape index (κ1) is 13.8. The molecule has 0 unspecified atom stereocenters. The number of anilines is 1. The van der Waals surface area contributed by atoms with Gasteiger partial charge in [0.25, 0.3) is 5.91 Å². The Morgan fingerprint density at radius 2 is 1.74 bits per heavy atom. The first-order valence-corrected chi connectivity index (χ1v) is 6.25. The maximum Gasteiger partial charge on any atom is 0.258 e. The number of halogens is 3. The topological polar surface area (TPSA) is 29.1 Å². The molecule has 98 valence electrons. The van der Waals surface area contributed by atoms with Crippen molar-refractivity contribution in [3.63, 3.8) is 0 Å². The van der Waals surface area contributed by atoms with Gasteiger partial charge in [0.2, 0.25) is 0 Å². The average molecular weight is 298 g/mol. The van der Waals surface area contributed by atoms with Crippen LogP contribution in [0.3, 0.4) is 0 Å². The van der Waals surface area contributed by atoms with Crippen LogP contribution in [0.2, 0.25) is 10.0 Å². The SMILES string of the molecule is Cc1ccc(Cl)cc1NC(=O)c1cc(Cl)ccc1F. The molecule has 0 aliphatic rings. The fraction of sp³-hybridized carbons (Fsp3) is 0.0714. The monoisotopic (exact) mass is 297 g/mol. The molecule has 0 spiro atoms. The zero-order chi connectivity index (χ0) is 14.0. The van der Waals surface area contributed by atoms with E-state index in [1.54, 1.807) is 18.2 Å². The van der Waals surface area contributed by atoms with Crippen molar-refractivity contribution in [2.45, 2.75) is 6.92 Å². The molecule has 1 amide bonds. The molecule has 0 saturated heterocycles. The molecule has 0 aliphatic heterocycles. The van der Waals surface area contributed by atoms with E-state index in [1.165, 1.54) is 12.1 Å². The van der Waals surface area contributed by atoms with Gasteiger partial charge in [0.1, 0.15) is 5.82 Å². The molecule has 0 aliphatic carbocycles. The first-order valence-electron chi connectivity index (χ1n) is 5.50. The van der Waals surface area contributed by atoms with Crippen molar-refractivity contribution in [2.75, 3.05) is 5.32 Å². The second-order valence-corrected chi connectivity index (χ2v) is 4.91. The highest BCUT2D eigenvalue weighted by atomic mass is 35.5. The van der Waals surface area contributed by atoms with E-state index in [-0.39, 0.29) is 5.56 Å². The number of aryl methyl sites for hydroxylation is 1. The zero-order valence-electron chi connectivity index (χ0n) is 10.0. The summed E-state index contributed by atoms with van der Waals surface area (Å²) in [5, 5.41) is 3.41. The van der Waals surface area contributed by atoms with E-state index in [4.69, 9.17) is 23.2 Å². The van der Waals surface area contributed by atoms with Gasteiger partial charge in [-0.25, -0.2) is 4.39 Å². The molecule has 5 heteroatoms.